The number of carbonyl (C=O) groups is 1. The number of aromatic nitrogens is 4. The van der Waals surface area contributed by atoms with Crippen LogP contribution >= 0.6 is 0 Å². The normalized spacial score (nSPS) is 10.3. The molecule has 3 rings (SSSR count). The van der Waals surface area contributed by atoms with Crippen molar-refractivity contribution in [1.29, 1.82) is 0 Å². The molecule has 0 fully saturated rings. The number of methoxy groups -OCH3 is 2. The lowest BCUT2D eigenvalue weighted by Crippen LogP contribution is -2.05. The van der Waals surface area contributed by atoms with Gasteiger partial charge in [0.05, 0.1) is 37.5 Å². The maximum Gasteiger partial charge on any atom is 0.358 e. The molecule has 0 spiro atoms. The predicted molar refractivity (Wildman–Crippen MR) is 82.5 cm³/mol. The minimum atomic E-state index is -0.512. The molecule has 0 amide bonds. The van der Waals surface area contributed by atoms with Crippen molar-refractivity contribution in [3.63, 3.8) is 0 Å². The molecular weight excluding hydrogens is 296 g/mol. The largest absolute Gasteiger partial charge is 0.481 e. The van der Waals surface area contributed by atoms with Crippen LogP contribution in [-0.4, -0.2) is 39.9 Å². The third kappa shape index (κ3) is 2.89. The second-order valence-corrected chi connectivity index (χ2v) is 4.59. The molecule has 3 aromatic rings. The molecule has 0 bridgehead atoms. The molecule has 7 nitrogen and oxygen atoms in total. The van der Waals surface area contributed by atoms with Crippen LogP contribution in [0.1, 0.15) is 10.5 Å². The average Bonchev–Trinajstić information content (AvgIpc) is 3.07. The van der Waals surface area contributed by atoms with Crippen LogP contribution in [0.4, 0.5) is 0 Å². The molecule has 3 heterocycles. The summed E-state index contributed by atoms with van der Waals surface area (Å²) in [5, 5.41) is 4.30. The highest BCUT2D eigenvalue weighted by molar-refractivity contribution is 5.88. The van der Waals surface area contributed by atoms with Crippen LogP contribution in [0.3, 0.4) is 0 Å². The van der Waals surface area contributed by atoms with Gasteiger partial charge in [-0.2, -0.15) is 5.10 Å². The number of rotatable bonds is 4. The molecule has 0 saturated heterocycles. The van der Waals surface area contributed by atoms with Crippen LogP contribution in [0, 0.1) is 0 Å². The molecule has 0 aliphatic rings. The van der Waals surface area contributed by atoms with E-state index in [4.69, 9.17) is 9.47 Å². The minimum Gasteiger partial charge on any atom is -0.481 e. The molecule has 0 atom stereocenters. The number of hydrogen-bond donors (Lipinski definition) is 0. The highest BCUT2D eigenvalue weighted by Gasteiger charge is 2.17. The summed E-state index contributed by atoms with van der Waals surface area (Å²) in [4.78, 5) is 20.3. The molecule has 0 saturated carbocycles. The summed E-state index contributed by atoms with van der Waals surface area (Å²) >= 11 is 0. The fraction of sp³-hybridized carbons (Fsp3) is 0.125. The molecule has 0 radical (unpaired) electrons. The molecule has 23 heavy (non-hydrogen) atoms. The molecule has 116 valence electrons. The van der Waals surface area contributed by atoms with Gasteiger partial charge in [0, 0.05) is 18.3 Å². The summed E-state index contributed by atoms with van der Waals surface area (Å²) in [5.74, 6) is -0.0177. The molecule has 0 aliphatic carbocycles. The molecule has 7 heteroatoms. The second kappa shape index (κ2) is 6.27. The van der Waals surface area contributed by atoms with Gasteiger partial charge in [-0.15, -0.1) is 0 Å². The van der Waals surface area contributed by atoms with Gasteiger partial charge in [0.15, 0.2) is 5.69 Å². The van der Waals surface area contributed by atoms with Crippen LogP contribution in [-0.2, 0) is 4.74 Å². The summed E-state index contributed by atoms with van der Waals surface area (Å²) < 4.78 is 11.4. The lowest BCUT2D eigenvalue weighted by molar-refractivity contribution is 0.0593. The summed E-state index contributed by atoms with van der Waals surface area (Å²) in [7, 11) is 2.86. The lowest BCUT2D eigenvalue weighted by atomic mass is 10.2. The quantitative estimate of drug-likeness (QED) is 0.687. The lowest BCUT2D eigenvalue weighted by Gasteiger charge is -2.07. The van der Waals surface area contributed by atoms with Gasteiger partial charge in [0.1, 0.15) is 0 Å². The van der Waals surface area contributed by atoms with E-state index in [1.54, 1.807) is 42.4 Å². The summed E-state index contributed by atoms with van der Waals surface area (Å²) in [6.45, 7) is 0. The Balaban J connectivity index is 2.13. The molecular formula is C16H14N4O3. The van der Waals surface area contributed by atoms with E-state index in [1.165, 1.54) is 7.11 Å². The van der Waals surface area contributed by atoms with Gasteiger partial charge in [-0.1, -0.05) is 6.07 Å². The van der Waals surface area contributed by atoms with Crippen molar-refractivity contribution in [2.75, 3.05) is 14.2 Å². The molecule has 0 N–H and O–H groups in total. The van der Waals surface area contributed by atoms with Crippen LogP contribution in [0.2, 0.25) is 0 Å². The van der Waals surface area contributed by atoms with Gasteiger partial charge in [-0.3, -0.25) is 4.98 Å². The molecule has 0 aliphatic heterocycles. The first-order chi connectivity index (χ1) is 11.2. The zero-order valence-electron chi connectivity index (χ0n) is 12.6. The number of pyridine rings is 2. The van der Waals surface area contributed by atoms with Gasteiger partial charge < -0.3 is 9.47 Å². The Kier molecular flexibility index (Phi) is 4.01. The molecule has 3 aromatic heterocycles. The first-order valence-electron chi connectivity index (χ1n) is 6.83. The Bertz CT molecular complexity index is 813. The van der Waals surface area contributed by atoms with Gasteiger partial charge in [-0.25, -0.2) is 14.5 Å². The van der Waals surface area contributed by atoms with Gasteiger partial charge in [0.25, 0.3) is 0 Å². The van der Waals surface area contributed by atoms with Crippen molar-refractivity contribution in [3.8, 4) is 23.0 Å². The number of esters is 1. The Hall–Kier alpha value is -3.22. The summed E-state index contributed by atoms with van der Waals surface area (Å²) in [6.07, 6.45) is 3.29. The van der Waals surface area contributed by atoms with Crippen molar-refractivity contribution in [3.05, 3.63) is 54.5 Å². The topological polar surface area (TPSA) is 79.1 Å². The van der Waals surface area contributed by atoms with Crippen molar-refractivity contribution >= 4 is 5.97 Å². The monoisotopic (exact) mass is 310 g/mol. The van der Waals surface area contributed by atoms with Gasteiger partial charge >= 0.3 is 5.97 Å². The zero-order chi connectivity index (χ0) is 16.2. The Morgan fingerprint density at radius 3 is 2.61 bits per heavy atom. The second-order valence-electron chi connectivity index (χ2n) is 4.59. The van der Waals surface area contributed by atoms with Crippen LogP contribution in [0.15, 0.2) is 48.8 Å². The first-order valence-corrected chi connectivity index (χ1v) is 6.83. The maximum atomic E-state index is 11.8. The fourth-order valence-electron chi connectivity index (χ4n) is 2.10. The predicted octanol–water partition coefficient (Wildman–Crippen LogP) is 2.12. The first kappa shape index (κ1) is 14.7. The number of nitrogens with zero attached hydrogens (tertiary/aromatic N) is 4. The van der Waals surface area contributed by atoms with Crippen molar-refractivity contribution < 1.29 is 14.3 Å². The van der Waals surface area contributed by atoms with Crippen LogP contribution in [0.5, 0.6) is 5.88 Å². The van der Waals surface area contributed by atoms with E-state index in [-0.39, 0.29) is 5.69 Å². The Morgan fingerprint density at radius 1 is 1.13 bits per heavy atom. The van der Waals surface area contributed by atoms with Crippen molar-refractivity contribution in [2.24, 2.45) is 0 Å². The van der Waals surface area contributed by atoms with Crippen molar-refractivity contribution in [1.82, 2.24) is 19.7 Å². The van der Waals surface area contributed by atoms with Gasteiger partial charge in [0.2, 0.25) is 5.88 Å². The zero-order valence-corrected chi connectivity index (χ0v) is 12.6. The Morgan fingerprint density at radius 2 is 2.00 bits per heavy atom. The Labute approximate surface area is 132 Å². The summed E-state index contributed by atoms with van der Waals surface area (Å²) in [5.41, 5.74) is 2.23. The number of hydrogen-bond acceptors (Lipinski definition) is 6. The standard InChI is InChI=1S/C16H14N4O3/c1-22-15-7-6-11(10-18-15)20-14(12-5-3-4-8-17-12)9-13(19-20)16(21)23-2/h3-10H,1-2H3. The van der Waals surface area contributed by atoms with E-state index < -0.39 is 5.97 Å². The average molecular weight is 310 g/mol. The maximum absolute atomic E-state index is 11.8. The highest BCUT2D eigenvalue weighted by Crippen LogP contribution is 2.23. The van der Waals surface area contributed by atoms with E-state index in [0.29, 0.717) is 23.0 Å². The highest BCUT2D eigenvalue weighted by atomic mass is 16.5. The molecule has 0 unspecified atom stereocenters. The van der Waals surface area contributed by atoms with E-state index in [0.717, 1.165) is 0 Å². The van der Waals surface area contributed by atoms with Crippen LogP contribution in [0.25, 0.3) is 17.1 Å². The summed E-state index contributed by atoms with van der Waals surface area (Å²) in [6, 6.07) is 10.7. The van der Waals surface area contributed by atoms with Crippen LogP contribution < -0.4 is 4.74 Å². The number of ether oxygens (including phenoxy) is 2. The SMILES string of the molecule is COC(=O)c1cc(-c2ccccn2)n(-c2ccc(OC)nc2)n1. The van der Waals surface area contributed by atoms with E-state index in [1.807, 2.05) is 18.2 Å². The van der Waals surface area contributed by atoms with Crippen molar-refractivity contribution in [2.45, 2.75) is 0 Å². The van der Waals surface area contributed by atoms with E-state index in [2.05, 4.69) is 15.1 Å². The number of carbonyl (C=O) groups excluding carboxylic acids is 1. The van der Waals surface area contributed by atoms with E-state index in [9.17, 15) is 4.79 Å². The van der Waals surface area contributed by atoms with Gasteiger partial charge in [-0.05, 0) is 18.2 Å². The third-order valence-electron chi connectivity index (χ3n) is 3.21. The smallest absolute Gasteiger partial charge is 0.358 e. The van der Waals surface area contributed by atoms with E-state index >= 15 is 0 Å². The molecule has 0 aromatic carbocycles. The third-order valence-corrected chi connectivity index (χ3v) is 3.21. The minimum absolute atomic E-state index is 0.198. The fourth-order valence-corrected chi connectivity index (χ4v) is 2.10.